The summed E-state index contributed by atoms with van der Waals surface area (Å²) in [5, 5.41) is 12.8. The topological polar surface area (TPSA) is 47.0 Å². The van der Waals surface area contributed by atoms with Crippen molar-refractivity contribution in [3.63, 3.8) is 0 Å². The summed E-state index contributed by atoms with van der Waals surface area (Å²) >= 11 is 1.40. The minimum atomic E-state index is -0.344. The van der Waals surface area contributed by atoms with Gasteiger partial charge in [0.2, 0.25) is 0 Å². The molecule has 0 spiro atoms. The molecule has 0 saturated carbocycles. The number of halogens is 1. The van der Waals surface area contributed by atoms with Gasteiger partial charge in [-0.3, -0.25) is 0 Å². The maximum atomic E-state index is 13.9. The molecule has 4 nitrogen and oxygen atoms in total. The zero-order chi connectivity index (χ0) is 13.7. The normalized spacial score (nSPS) is 10.7. The number of aromatic nitrogens is 2. The molecule has 0 aliphatic rings. The van der Waals surface area contributed by atoms with Crippen LogP contribution in [0.3, 0.4) is 0 Å². The SMILES string of the molecule is CCCNCc1nnc(-c2ccc(OC)cc2F)s1. The van der Waals surface area contributed by atoms with Crippen molar-refractivity contribution in [2.24, 2.45) is 0 Å². The average Bonchev–Trinajstić information content (AvgIpc) is 2.87. The van der Waals surface area contributed by atoms with Crippen molar-refractivity contribution in [1.29, 1.82) is 0 Å². The van der Waals surface area contributed by atoms with Crippen LogP contribution in [-0.2, 0) is 6.54 Å². The lowest BCUT2D eigenvalue weighted by atomic mass is 10.2. The van der Waals surface area contributed by atoms with Crippen molar-refractivity contribution >= 4 is 11.3 Å². The molecule has 1 N–H and O–H groups in total. The van der Waals surface area contributed by atoms with Crippen LogP contribution in [0.2, 0.25) is 0 Å². The van der Waals surface area contributed by atoms with E-state index in [4.69, 9.17) is 4.74 Å². The van der Waals surface area contributed by atoms with E-state index >= 15 is 0 Å². The van der Waals surface area contributed by atoms with E-state index in [0.29, 0.717) is 22.9 Å². The van der Waals surface area contributed by atoms with E-state index in [2.05, 4.69) is 22.4 Å². The predicted octanol–water partition coefficient (Wildman–Crippen LogP) is 2.85. The minimum Gasteiger partial charge on any atom is -0.497 e. The summed E-state index contributed by atoms with van der Waals surface area (Å²) in [5.74, 6) is 0.152. The second-order valence-corrected chi connectivity index (χ2v) is 5.09. The fourth-order valence-electron chi connectivity index (χ4n) is 1.60. The van der Waals surface area contributed by atoms with E-state index in [1.165, 1.54) is 24.5 Å². The molecule has 0 radical (unpaired) electrons. The first-order valence-corrected chi connectivity index (χ1v) is 6.93. The number of nitrogens with one attached hydrogen (secondary N) is 1. The summed E-state index contributed by atoms with van der Waals surface area (Å²) < 4.78 is 18.9. The lowest BCUT2D eigenvalue weighted by molar-refractivity contribution is 0.411. The van der Waals surface area contributed by atoms with Crippen molar-refractivity contribution in [3.05, 3.63) is 29.0 Å². The van der Waals surface area contributed by atoms with E-state index in [1.54, 1.807) is 12.1 Å². The molecule has 0 atom stereocenters. The highest BCUT2D eigenvalue weighted by Crippen LogP contribution is 2.28. The molecule has 0 aliphatic carbocycles. The molecular weight excluding hydrogens is 265 g/mol. The summed E-state index contributed by atoms with van der Waals surface area (Å²) in [7, 11) is 1.51. The third kappa shape index (κ3) is 3.48. The fourth-order valence-corrected chi connectivity index (χ4v) is 2.44. The highest BCUT2D eigenvalue weighted by atomic mass is 32.1. The van der Waals surface area contributed by atoms with E-state index in [9.17, 15) is 4.39 Å². The van der Waals surface area contributed by atoms with E-state index in [1.807, 2.05) is 0 Å². The van der Waals surface area contributed by atoms with Gasteiger partial charge in [-0.25, -0.2) is 4.39 Å². The molecule has 0 fully saturated rings. The predicted molar refractivity (Wildman–Crippen MR) is 73.9 cm³/mol. The Kier molecular flexibility index (Phi) is 4.81. The van der Waals surface area contributed by atoms with Gasteiger partial charge in [-0.15, -0.1) is 10.2 Å². The third-order valence-electron chi connectivity index (χ3n) is 2.58. The first kappa shape index (κ1) is 13.9. The molecular formula is C13H16FN3OS. The van der Waals surface area contributed by atoms with Crippen molar-refractivity contribution in [1.82, 2.24) is 15.5 Å². The molecule has 0 unspecified atom stereocenters. The molecule has 0 bridgehead atoms. The van der Waals surface area contributed by atoms with Crippen molar-refractivity contribution in [3.8, 4) is 16.3 Å². The zero-order valence-electron chi connectivity index (χ0n) is 10.9. The molecule has 2 rings (SSSR count). The number of rotatable bonds is 6. The molecule has 2 aromatic rings. The molecule has 1 aromatic heterocycles. The first-order valence-electron chi connectivity index (χ1n) is 6.11. The molecule has 0 saturated heterocycles. The van der Waals surface area contributed by atoms with Crippen molar-refractivity contribution in [2.75, 3.05) is 13.7 Å². The Bertz CT molecular complexity index is 544. The van der Waals surface area contributed by atoms with Gasteiger partial charge in [-0.1, -0.05) is 18.3 Å². The highest BCUT2D eigenvalue weighted by molar-refractivity contribution is 7.14. The number of methoxy groups -OCH3 is 1. The largest absolute Gasteiger partial charge is 0.497 e. The number of hydrogen-bond donors (Lipinski definition) is 1. The Hall–Kier alpha value is -1.53. The van der Waals surface area contributed by atoms with Crippen LogP contribution in [0.1, 0.15) is 18.4 Å². The number of benzene rings is 1. The average molecular weight is 281 g/mol. The lowest BCUT2D eigenvalue weighted by Crippen LogP contribution is -2.13. The van der Waals surface area contributed by atoms with Crippen molar-refractivity contribution < 1.29 is 9.13 Å². The Morgan fingerprint density at radius 3 is 2.89 bits per heavy atom. The Balaban J connectivity index is 2.13. The standard InChI is InChI=1S/C13H16FN3OS/c1-3-6-15-8-12-16-17-13(19-12)10-5-4-9(18-2)7-11(10)14/h4-5,7,15H,3,6,8H2,1-2H3. The van der Waals surface area contributed by atoms with Gasteiger partial charge in [-0.05, 0) is 25.1 Å². The van der Waals surface area contributed by atoms with Gasteiger partial charge >= 0.3 is 0 Å². The Morgan fingerprint density at radius 1 is 1.37 bits per heavy atom. The minimum absolute atomic E-state index is 0.344. The second-order valence-electron chi connectivity index (χ2n) is 4.02. The lowest BCUT2D eigenvalue weighted by Gasteiger charge is -2.02. The monoisotopic (exact) mass is 281 g/mol. The van der Waals surface area contributed by atoms with Crippen LogP contribution >= 0.6 is 11.3 Å². The first-order chi connectivity index (χ1) is 9.24. The number of ether oxygens (including phenoxy) is 1. The van der Waals surface area contributed by atoms with Crippen LogP contribution in [0, 0.1) is 5.82 Å². The maximum absolute atomic E-state index is 13.9. The van der Waals surface area contributed by atoms with Crippen LogP contribution in [0.25, 0.3) is 10.6 Å². The van der Waals surface area contributed by atoms with Gasteiger partial charge in [0.25, 0.3) is 0 Å². The smallest absolute Gasteiger partial charge is 0.150 e. The summed E-state index contributed by atoms with van der Waals surface area (Å²) in [6, 6.07) is 4.73. The quantitative estimate of drug-likeness (QED) is 0.827. The van der Waals surface area contributed by atoms with Crippen LogP contribution in [0.5, 0.6) is 5.75 Å². The van der Waals surface area contributed by atoms with Gasteiger partial charge in [0.1, 0.15) is 16.6 Å². The molecule has 0 amide bonds. The molecule has 102 valence electrons. The number of hydrogen-bond acceptors (Lipinski definition) is 5. The van der Waals surface area contributed by atoms with E-state index in [-0.39, 0.29) is 5.82 Å². The summed E-state index contributed by atoms with van der Waals surface area (Å²) in [5.41, 5.74) is 0.458. The van der Waals surface area contributed by atoms with Gasteiger partial charge in [0, 0.05) is 18.2 Å². The van der Waals surface area contributed by atoms with Gasteiger partial charge in [-0.2, -0.15) is 0 Å². The molecule has 0 aliphatic heterocycles. The Morgan fingerprint density at radius 2 is 2.21 bits per heavy atom. The van der Waals surface area contributed by atoms with Gasteiger partial charge in [0.15, 0.2) is 5.01 Å². The highest BCUT2D eigenvalue weighted by Gasteiger charge is 2.11. The Labute approximate surface area is 115 Å². The van der Waals surface area contributed by atoms with Gasteiger partial charge < -0.3 is 10.1 Å². The van der Waals surface area contributed by atoms with Crippen LogP contribution in [-0.4, -0.2) is 23.9 Å². The van der Waals surface area contributed by atoms with Crippen LogP contribution in [0.15, 0.2) is 18.2 Å². The van der Waals surface area contributed by atoms with E-state index in [0.717, 1.165) is 18.0 Å². The third-order valence-corrected chi connectivity index (χ3v) is 3.53. The van der Waals surface area contributed by atoms with Gasteiger partial charge in [0.05, 0.1) is 7.11 Å². The van der Waals surface area contributed by atoms with Crippen molar-refractivity contribution in [2.45, 2.75) is 19.9 Å². The van der Waals surface area contributed by atoms with Crippen LogP contribution < -0.4 is 10.1 Å². The summed E-state index contributed by atoms with van der Waals surface area (Å²) in [6.07, 6.45) is 1.07. The van der Waals surface area contributed by atoms with Crippen LogP contribution in [0.4, 0.5) is 4.39 Å². The second kappa shape index (κ2) is 6.58. The maximum Gasteiger partial charge on any atom is 0.150 e. The zero-order valence-corrected chi connectivity index (χ0v) is 11.8. The molecule has 1 aromatic carbocycles. The van der Waals surface area contributed by atoms with E-state index < -0.39 is 0 Å². The molecule has 19 heavy (non-hydrogen) atoms. The molecule has 6 heteroatoms. The fraction of sp³-hybridized carbons (Fsp3) is 0.385. The number of nitrogens with zero attached hydrogens (tertiary/aromatic N) is 2. The molecule has 1 heterocycles. The summed E-state index contributed by atoms with van der Waals surface area (Å²) in [6.45, 7) is 3.71. The summed E-state index contributed by atoms with van der Waals surface area (Å²) in [4.78, 5) is 0.